The Kier molecular flexibility index (Phi) is 3.57. The lowest BCUT2D eigenvalue weighted by molar-refractivity contribution is -0.140. The Morgan fingerprint density at radius 2 is 1.78 bits per heavy atom. The molecule has 4 heteroatoms. The highest BCUT2D eigenvalue weighted by Crippen LogP contribution is 2.20. The van der Waals surface area contributed by atoms with E-state index in [2.05, 4.69) is 0 Å². The molecule has 0 atom stereocenters. The number of carbonyl (C=O) groups excluding carboxylic acids is 1. The number of hydrogen-bond donors (Lipinski definition) is 1. The molecule has 0 saturated heterocycles. The number of carbonyl (C=O) groups is 2. The average molecular weight is 244 g/mol. The largest absolute Gasteiger partial charge is 0.478 e. The third-order valence-corrected chi connectivity index (χ3v) is 2.62. The Bertz CT molecular complexity index is 526. The molecule has 0 bridgehead atoms. The number of aliphatic carboxylic acids is 1. The van der Waals surface area contributed by atoms with Crippen LogP contribution >= 0.6 is 0 Å². The molecule has 0 aliphatic heterocycles. The molecule has 92 valence electrons. The number of rotatable bonds is 4. The maximum Gasteiger partial charge on any atom is 0.334 e. The monoisotopic (exact) mass is 244 g/mol. The normalized spacial score (nSPS) is 13.8. The fraction of sp³-hybridized carbons (Fsp3) is 0.143. The number of ether oxygens (including phenoxy) is 1. The molecule has 0 spiro atoms. The molecule has 0 heterocycles. The molecular weight excluding hydrogens is 232 g/mol. The van der Waals surface area contributed by atoms with Gasteiger partial charge >= 0.3 is 11.9 Å². The Morgan fingerprint density at radius 3 is 2.39 bits per heavy atom. The minimum Gasteiger partial charge on any atom is -0.478 e. The lowest BCUT2D eigenvalue weighted by Gasteiger charge is -2.05. The number of hydrogen-bond acceptors (Lipinski definition) is 3. The number of benzene rings is 1. The predicted octanol–water partition coefficient (Wildman–Crippen LogP) is 2.07. The highest BCUT2D eigenvalue weighted by Gasteiger charge is 2.20. The van der Waals surface area contributed by atoms with Crippen LogP contribution in [0.1, 0.15) is 12.0 Å². The molecule has 0 fully saturated rings. The zero-order chi connectivity index (χ0) is 13.0. The maximum absolute atomic E-state index is 11.7. The van der Waals surface area contributed by atoms with Crippen LogP contribution in [0.25, 0.3) is 0 Å². The van der Waals surface area contributed by atoms with Crippen LogP contribution < -0.4 is 0 Å². The zero-order valence-electron chi connectivity index (χ0n) is 9.63. The molecule has 18 heavy (non-hydrogen) atoms. The fourth-order valence-corrected chi connectivity index (χ4v) is 1.63. The van der Waals surface area contributed by atoms with Crippen LogP contribution in [0.5, 0.6) is 0 Å². The summed E-state index contributed by atoms with van der Waals surface area (Å²) >= 11 is 0. The van der Waals surface area contributed by atoms with Gasteiger partial charge in [0, 0.05) is 17.6 Å². The summed E-state index contributed by atoms with van der Waals surface area (Å²) in [5.74, 6) is -1.47. The molecule has 1 aliphatic carbocycles. The molecule has 2 rings (SSSR count). The first-order valence-electron chi connectivity index (χ1n) is 5.51. The molecule has 0 unspecified atom stereocenters. The van der Waals surface area contributed by atoms with E-state index in [1.165, 1.54) is 12.2 Å². The Morgan fingerprint density at radius 1 is 1.11 bits per heavy atom. The summed E-state index contributed by atoms with van der Waals surface area (Å²) < 4.78 is 5.11. The zero-order valence-corrected chi connectivity index (χ0v) is 9.63. The van der Waals surface area contributed by atoms with Gasteiger partial charge in [0.05, 0.1) is 0 Å². The summed E-state index contributed by atoms with van der Waals surface area (Å²) in [6.45, 7) is 0.194. The number of carboxylic acid groups (broad SMARTS) is 1. The van der Waals surface area contributed by atoms with E-state index in [0.717, 1.165) is 5.56 Å². The third kappa shape index (κ3) is 2.85. The van der Waals surface area contributed by atoms with E-state index in [1.807, 2.05) is 30.3 Å². The van der Waals surface area contributed by atoms with Gasteiger partial charge in [0.1, 0.15) is 6.61 Å². The first-order chi connectivity index (χ1) is 8.66. The van der Waals surface area contributed by atoms with Crippen LogP contribution in [0.3, 0.4) is 0 Å². The van der Waals surface area contributed by atoms with Crippen molar-refractivity contribution in [2.24, 2.45) is 0 Å². The van der Waals surface area contributed by atoms with Crippen LogP contribution in [-0.2, 0) is 20.9 Å². The highest BCUT2D eigenvalue weighted by molar-refractivity contribution is 5.96. The van der Waals surface area contributed by atoms with Crippen LogP contribution in [0.2, 0.25) is 0 Å². The Balaban J connectivity index is 1.86. The van der Waals surface area contributed by atoms with E-state index in [-0.39, 0.29) is 18.6 Å². The van der Waals surface area contributed by atoms with Crippen molar-refractivity contribution in [3.05, 3.63) is 59.2 Å². The van der Waals surface area contributed by atoms with Gasteiger partial charge in [0.25, 0.3) is 0 Å². The molecule has 0 aromatic heterocycles. The molecule has 0 saturated carbocycles. The van der Waals surface area contributed by atoms with Crippen molar-refractivity contribution in [2.45, 2.75) is 13.0 Å². The predicted molar refractivity (Wildman–Crippen MR) is 64.7 cm³/mol. The lowest BCUT2D eigenvalue weighted by atomic mass is 10.1. The van der Waals surface area contributed by atoms with Crippen LogP contribution in [0, 0.1) is 0 Å². The summed E-state index contributed by atoms with van der Waals surface area (Å²) in [6.07, 6.45) is 3.06. The highest BCUT2D eigenvalue weighted by atomic mass is 16.5. The fourth-order valence-electron chi connectivity index (χ4n) is 1.63. The van der Waals surface area contributed by atoms with Gasteiger partial charge in [-0.05, 0) is 5.56 Å². The average Bonchev–Trinajstić information content (AvgIpc) is 2.87. The minimum atomic E-state index is -1.00. The summed E-state index contributed by atoms with van der Waals surface area (Å²) in [6, 6.07) is 9.33. The molecule has 1 aliphatic rings. The Labute approximate surface area is 104 Å². The second-order valence-corrected chi connectivity index (χ2v) is 3.93. The molecule has 1 aromatic carbocycles. The first kappa shape index (κ1) is 12.1. The second-order valence-electron chi connectivity index (χ2n) is 3.93. The van der Waals surface area contributed by atoms with Gasteiger partial charge in [-0.25, -0.2) is 9.59 Å². The van der Waals surface area contributed by atoms with E-state index >= 15 is 0 Å². The van der Waals surface area contributed by atoms with Gasteiger partial charge in [-0.15, -0.1) is 0 Å². The van der Waals surface area contributed by atoms with Crippen LogP contribution in [0.15, 0.2) is 53.6 Å². The molecule has 0 radical (unpaired) electrons. The van der Waals surface area contributed by atoms with Crippen molar-refractivity contribution in [1.82, 2.24) is 0 Å². The lowest BCUT2D eigenvalue weighted by Crippen LogP contribution is -2.08. The standard InChI is InChI=1S/C14H12O4/c15-13(16)11-6-7-12(8-11)14(17)18-9-10-4-2-1-3-5-10/h1-7H,8-9H2,(H,15,16). The summed E-state index contributed by atoms with van der Waals surface area (Å²) in [5.41, 5.74) is 1.49. The summed E-state index contributed by atoms with van der Waals surface area (Å²) in [7, 11) is 0. The molecule has 4 nitrogen and oxygen atoms in total. The second kappa shape index (κ2) is 5.31. The Hall–Kier alpha value is -2.36. The van der Waals surface area contributed by atoms with Gasteiger partial charge < -0.3 is 9.84 Å². The van der Waals surface area contributed by atoms with Crippen molar-refractivity contribution in [2.75, 3.05) is 0 Å². The minimum absolute atomic E-state index is 0.128. The van der Waals surface area contributed by atoms with Crippen molar-refractivity contribution in [1.29, 1.82) is 0 Å². The quantitative estimate of drug-likeness (QED) is 0.823. The van der Waals surface area contributed by atoms with E-state index in [0.29, 0.717) is 5.57 Å². The molecular formula is C14H12O4. The molecule has 0 amide bonds. The molecule has 1 aromatic rings. The molecule has 1 N–H and O–H groups in total. The number of carboxylic acids is 1. The van der Waals surface area contributed by atoms with Gasteiger partial charge in [-0.1, -0.05) is 42.5 Å². The van der Waals surface area contributed by atoms with Crippen LogP contribution in [0.4, 0.5) is 0 Å². The number of allylic oxidation sites excluding steroid dienone is 2. The smallest absolute Gasteiger partial charge is 0.334 e. The SMILES string of the molecule is O=C(O)C1=CC=C(C(=O)OCc2ccccc2)C1. The van der Waals surface area contributed by atoms with Crippen LogP contribution in [-0.4, -0.2) is 17.0 Å². The van der Waals surface area contributed by atoms with E-state index in [9.17, 15) is 9.59 Å². The van der Waals surface area contributed by atoms with Gasteiger partial charge in [0.15, 0.2) is 0 Å². The summed E-state index contributed by atoms with van der Waals surface area (Å²) in [5, 5.41) is 8.77. The number of esters is 1. The van der Waals surface area contributed by atoms with Crippen molar-refractivity contribution in [3.8, 4) is 0 Å². The topological polar surface area (TPSA) is 63.6 Å². The first-order valence-corrected chi connectivity index (χ1v) is 5.51. The maximum atomic E-state index is 11.7. The summed E-state index contributed by atoms with van der Waals surface area (Å²) in [4.78, 5) is 22.4. The third-order valence-electron chi connectivity index (χ3n) is 2.62. The van der Waals surface area contributed by atoms with Gasteiger partial charge in [0.2, 0.25) is 0 Å². The van der Waals surface area contributed by atoms with Crippen molar-refractivity contribution >= 4 is 11.9 Å². The van der Waals surface area contributed by atoms with Crippen molar-refractivity contribution < 1.29 is 19.4 Å². The van der Waals surface area contributed by atoms with E-state index < -0.39 is 11.9 Å². The van der Waals surface area contributed by atoms with E-state index in [4.69, 9.17) is 9.84 Å². The van der Waals surface area contributed by atoms with Crippen molar-refractivity contribution in [3.63, 3.8) is 0 Å². The van der Waals surface area contributed by atoms with Gasteiger partial charge in [-0.3, -0.25) is 0 Å². The van der Waals surface area contributed by atoms with E-state index in [1.54, 1.807) is 0 Å². The van der Waals surface area contributed by atoms with Gasteiger partial charge in [-0.2, -0.15) is 0 Å².